The average Bonchev–Trinajstić information content (AvgIpc) is 2.35. The zero-order valence-electron chi connectivity index (χ0n) is 10.4. The van der Waals surface area contributed by atoms with Crippen LogP contribution in [0.3, 0.4) is 0 Å². The van der Waals surface area contributed by atoms with E-state index in [-0.39, 0.29) is 17.9 Å². The molecule has 0 radical (unpaired) electrons. The molecule has 1 aromatic rings. The van der Waals surface area contributed by atoms with E-state index in [1.54, 1.807) is 24.5 Å². The van der Waals surface area contributed by atoms with Gasteiger partial charge in [0.1, 0.15) is 0 Å². The highest BCUT2D eigenvalue weighted by molar-refractivity contribution is 5.93. The second kappa shape index (κ2) is 6.35. The van der Waals surface area contributed by atoms with Crippen molar-refractivity contribution in [2.24, 2.45) is 5.41 Å². The molecule has 0 aliphatic heterocycles. The standard InChI is InChI=1S/C13H20N2O2/c1-13(2,6-4-8-16)10-15-12(17)11-5-3-7-14-9-11/h3,5,7,9,16H,4,6,8,10H2,1-2H3,(H,15,17). The Morgan fingerprint density at radius 3 is 2.88 bits per heavy atom. The number of amides is 1. The van der Waals surface area contributed by atoms with E-state index >= 15 is 0 Å². The minimum atomic E-state index is -0.102. The topological polar surface area (TPSA) is 62.2 Å². The number of hydrogen-bond donors (Lipinski definition) is 2. The molecule has 0 saturated heterocycles. The third-order valence-electron chi connectivity index (χ3n) is 2.66. The Morgan fingerprint density at radius 2 is 2.29 bits per heavy atom. The lowest BCUT2D eigenvalue weighted by Gasteiger charge is -2.24. The summed E-state index contributed by atoms with van der Waals surface area (Å²) in [6.45, 7) is 4.94. The van der Waals surface area contributed by atoms with Crippen LogP contribution in [0.15, 0.2) is 24.5 Å². The fraction of sp³-hybridized carbons (Fsp3) is 0.538. The average molecular weight is 236 g/mol. The summed E-state index contributed by atoms with van der Waals surface area (Å²) in [5.41, 5.74) is 0.575. The predicted octanol–water partition coefficient (Wildman–Crippen LogP) is 1.61. The second-order valence-electron chi connectivity index (χ2n) is 4.92. The number of aromatic nitrogens is 1. The van der Waals surface area contributed by atoms with Crippen LogP contribution < -0.4 is 5.32 Å². The largest absolute Gasteiger partial charge is 0.396 e. The Labute approximate surface area is 102 Å². The van der Waals surface area contributed by atoms with E-state index in [2.05, 4.69) is 24.1 Å². The second-order valence-corrected chi connectivity index (χ2v) is 4.92. The van der Waals surface area contributed by atoms with E-state index in [9.17, 15) is 4.79 Å². The maximum atomic E-state index is 11.8. The van der Waals surface area contributed by atoms with Crippen molar-refractivity contribution in [3.8, 4) is 0 Å². The van der Waals surface area contributed by atoms with Crippen LogP contribution in [0.1, 0.15) is 37.0 Å². The van der Waals surface area contributed by atoms with Crippen LogP contribution in [0.25, 0.3) is 0 Å². The normalized spacial score (nSPS) is 11.2. The quantitative estimate of drug-likeness (QED) is 0.788. The summed E-state index contributed by atoms with van der Waals surface area (Å²) in [5.74, 6) is -0.102. The third-order valence-corrected chi connectivity index (χ3v) is 2.66. The first-order chi connectivity index (χ1) is 8.05. The van der Waals surface area contributed by atoms with E-state index in [4.69, 9.17) is 5.11 Å². The number of nitrogens with zero attached hydrogens (tertiary/aromatic N) is 1. The first-order valence-corrected chi connectivity index (χ1v) is 5.84. The smallest absolute Gasteiger partial charge is 0.252 e. The Kier molecular flexibility index (Phi) is 5.10. The highest BCUT2D eigenvalue weighted by Gasteiger charge is 2.18. The minimum Gasteiger partial charge on any atom is -0.396 e. The van der Waals surface area contributed by atoms with E-state index in [0.29, 0.717) is 12.1 Å². The molecule has 0 bridgehead atoms. The summed E-state index contributed by atoms with van der Waals surface area (Å²) < 4.78 is 0. The lowest BCUT2D eigenvalue weighted by atomic mass is 9.88. The van der Waals surface area contributed by atoms with Gasteiger partial charge < -0.3 is 10.4 Å². The Balaban J connectivity index is 2.43. The van der Waals surface area contributed by atoms with Crippen LogP contribution in [-0.2, 0) is 0 Å². The van der Waals surface area contributed by atoms with Crippen molar-refractivity contribution in [2.45, 2.75) is 26.7 Å². The maximum absolute atomic E-state index is 11.8. The molecule has 1 rings (SSSR count). The van der Waals surface area contributed by atoms with Gasteiger partial charge in [-0.05, 0) is 30.4 Å². The number of aliphatic hydroxyl groups excluding tert-OH is 1. The molecule has 0 unspecified atom stereocenters. The number of hydrogen-bond acceptors (Lipinski definition) is 3. The number of pyridine rings is 1. The zero-order valence-corrected chi connectivity index (χ0v) is 10.4. The van der Waals surface area contributed by atoms with Gasteiger partial charge in [0, 0.05) is 25.5 Å². The van der Waals surface area contributed by atoms with Crippen LogP contribution in [0.5, 0.6) is 0 Å². The van der Waals surface area contributed by atoms with Gasteiger partial charge in [0.15, 0.2) is 0 Å². The van der Waals surface area contributed by atoms with Gasteiger partial charge in [0.2, 0.25) is 0 Å². The number of carbonyl (C=O) groups is 1. The summed E-state index contributed by atoms with van der Waals surface area (Å²) in [5, 5.41) is 11.7. The summed E-state index contributed by atoms with van der Waals surface area (Å²) in [7, 11) is 0. The van der Waals surface area contributed by atoms with Crippen molar-refractivity contribution in [1.29, 1.82) is 0 Å². The fourth-order valence-corrected chi connectivity index (χ4v) is 1.56. The molecule has 1 heterocycles. The molecule has 0 saturated carbocycles. The van der Waals surface area contributed by atoms with Crippen molar-refractivity contribution in [3.05, 3.63) is 30.1 Å². The Hall–Kier alpha value is -1.42. The predicted molar refractivity (Wildman–Crippen MR) is 66.7 cm³/mol. The minimum absolute atomic E-state index is 0.000594. The van der Waals surface area contributed by atoms with Gasteiger partial charge in [-0.2, -0.15) is 0 Å². The molecular weight excluding hydrogens is 216 g/mol. The lowest BCUT2D eigenvalue weighted by Crippen LogP contribution is -2.34. The van der Waals surface area contributed by atoms with Crippen molar-refractivity contribution in [1.82, 2.24) is 10.3 Å². The first kappa shape index (κ1) is 13.6. The van der Waals surface area contributed by atoms with Crippen molar-refractivity contribution < 1.29 is 9.90 Å². The van der Waals surface area contributed by atoms with Crippen LogP contribution in [0, 0.1) is 5.41 Å². The SMILES string of the molecule is CC(C)(CCCO)CNC(=O)c1cccnc1. The van der Waals surface area contributed by atoms with Crippen LogP contribution in [-0.4, -0.2) is 29.1 Å². The molecule has 4 heteroatoms. The van der Waals surface area contributed by atoms with Crippen molar-refractivity contribution in [2.75, 3.05) is 13.2 Å². The van der Waals surface area contributed by atoms with Crippen molar-refractivity contribution >= 4 is 5.91 Å². The molecule has 4 nitrogen and oxygen atoms in total. The van der Waals surface area contributed by atoms with Gasteiger partial charge >= 0.3 is 0 Å². The van der Waals surface area contributed by atoms with Gasteiger partial charge in [0.05, 0.1) is 5.56 Å². The van der Waals surface area contributed by atoms with Gasteiger partial charge in [-0.15, -0.1) is 0 Å². The Morgan fingerprint density at radius 1 is 1.53 bits per heavy atom. The fourth-order valence-electron chi connectivity index (χ4n) is 1.56. The third kappa shape index (κ3) is 4.95. The summed E-state index contributed by atoms with van der Waals surface area (Å²) in [4.78, 5) is 15.7. The number of nitrogens with one attached hydrogen (secondary N) is 1. The maximum Gasteiger partial charge on any atom is 0.252 e. The molecule has 0 atom stereocenters. The monoisotopic (exact) mass is 236 g/mol. The molecule has 0 aromatic carbocycles. The molecular formula is C13H20N2O2. The molecule has 2 N–H and O–H groups in total. The molecule has 94 valence electrons. The van der Waals surface area contributed by atoms with Gasteiger partial charge in [-0.25, -0.2) is 0 Å². The number of rotatable bonds is 6. The molecule has 0 aliphatic carbocycles. The van der Waals surface area contributed by atoms with E-state index in [1.165, 1.54) is 0 Å². The van der Waals surface area contributed by atoms with E-state index in [1.807, 2.05) is 0 Å². The van der Waals surface area contributed by atoms with Gasteiger partial charge in [0.25, 0.3) is 5.91 Å². The van der Waals surface area contributed by atoms with Gasteiger partial charge in [-0.3, -0.25) is 9.78 Å². The molecule has 0 aliphatic rings. The van der Waals surface area contributed by atoms with Crippen LogP contribution in [0.2, 0.25) is 0 Å². The number of aliphatic hydroxyl groups is 1. The molecule has 17 heavy (non-hydrogen) atoms. The first-order valence-electron chi connectivity index (χ1n) is 5.84. The zero-order chi connectivity index (χ0) is 12.7. The molecule has 0 fully saturated rings. The number of carbonyl (C=O) groups excluding carboxylic acids is 1. The van der Waals surface area contributed by atoms with Crippen LogP contribution in [0.4, 0.5) is 0 Å². The van der Waals surface area contributed by atoms with Gasteiger partial charge in [-0.1, -0.05) is 13.8 Å². The molecule has 1 amide bonds. The lowest BCUT2D eigenvalue weighted by molar-refractivity contribution is 0.0932. The molecule has 0 spiro atoms. The molecule has 1 aromatic heterocycles. The highest BCUT2D eigenvalue weighted by atomic mass is 16.2. The van der Waals surface area contributed by atoms with Crippen molar-refractivity contribution in [3.63, 3.8) is 0 Å². The van der Waals surface area contributed by atoms with Crippen LogP contribution >= 0.6 is 0 Å². The Bertz CT molecular complexity index is 350. The highest BCUT2D eigenvalue weighted by Crippen LogP contribution is 2.20. The summed E-state index contributed by atoms with van der Waals surface area (Å²) >= 11 is 0. The summed E-state index contributed by atoms with van der Waals surface area (Å²) in [6, 6.07) is 3.48. The van der Waals surface area contributed by atoms with E-state index < -0.39 is 0 Å². The summed E-state index contributed by atoms with van der Waals surface area (Å²) in [6.07, 6.45) is 4.84. The van der Waals surface area contributed by atoms with E-state index in [0.717, 1.165) is 12.8 Å².